The average molecular weight is 171 g/mol. The maximum atomic E-state index is 10.2. The summed E-state index contributed by atoms with van der Waals surface area (Å²) in [7, 11) is 1.64. The number of carboxylic acid groups (broad SMARTS) is 1. The Bertz CT molecular complexity index is 283. The van der Waals surface area contributed by atoms with Gasteiger partial charge in [0.15, 0.2) is 0 Å². The van der Waals surface area contributed by atoms with Crippen molar-refractivity contribution in [2.24, 2.45) is 7.05 Å². The van der Waals surface area contributed by atoms with Gasteiger partial charge in [0.1, 0.15) is 11.8 Å². The summed E-state index contributed by atoms with van der Waals surface area (Å²) in [5.74, 6) is -1.06. The number of rotatable bonds is 3. The molecule has 1 heterocycles. The molecule has 0 saturated carbocycles. The molecule has 1 atom stereocenters. The third-order valence-corrected chi connectivity index (χ3v) is 1.33. The Hall–Kier alpha value is -1.43. The van der Waals surface area contributed by atoms with E-state index in [-0.39, 0.29) is 12.1 Å². The van der Waals surface area contributed by atoms with Gasteiger partial charge in [0.2, 0.25) is 0 Å². The van der Waals surface area contributed by atoms with Gasteiger partial charge >= 0.3 is 5.97 Å². The summed E-state index contributed by atoms with van der Waals surface area (Å²) in [4.78, 5) is 10.2. The van der Waals surface area contributed by atoms with Crippen LogP contribution < -0.4 is 0 Å². The minimum atomic E-state index is -1.07. The van der Waals surface area contributed by atoms with Gasteiger partial charge in [-0.3, -0.25) is 9.48 Å². The van der Waals surface area contributed by atoms with Gasteiger partial charge in [0.25, 0.3) is 0 Å². The van der Waals surface area contributed by atoms with Crippen molar-refractivity contribution in [3.05, 3.63) is 11.9 Å². The first kappa shape index (κ1) is 8.66. The van der Waals surface area contributed by atoms with E-state index in [4.69, 9.17) is 5.11 Å². The molecule has 1 aromatic rings. The fraction of sp³-hybridized carbons (Fsp3) is 0.500. The first-order chi connectivity index (χ1) is 5.59. The number of aliphatic hydroxyl groups is 1. The number of hydrogen-bond donors (Lipinski definition) is 2. The summed E-state index contributed by atoms with van der Waals surface area (Å²) in [6.07, 6.45) is 0.0583. The summed E-state index contributed by atoms with van der Waals surface area (Å²) < 4.78 is 1.40. The molecule has 12 heavy (non-hydrogen) atoms. The molecule has 0 aromatic carbocycles. The monoisotopic (exact) mass is 171 g/mol. The second kappa shape index (κ2) is 3.31. The number of aromatic nitrogens is 3. The normalized spacial score (nSPS) is 12.8. The van der Waals surface area contributed by atoms with Gasteiger partial charge in [0, 0.05) is 7.05 Å². The number of carbonyl (C=O) groups is 1. The highest BCUT2D eigenvalue weighted by Gasteiger charge is 2.14. The molecule has 6 nitrogen and oxygen atoms in total. The van der Waals surface area contributed by atoms with Crippen LogP contribution >= 0.6 is 0 Å². The van der Waals surface area contributed by atoms with Gasteiger partial charge in [-0.1, -0.05) is 5.21 Å². The number of aliphatic hydroxyl groups excluding tert-OH is 1. The van der Waals surface area contributed by atoms with Gasteiger partial charge in [-0.25, -0.2) is 0 Å². The summed E-state index contributed by atoms with van der Waals surface area (Å²) in [5.41, 5.74) is 0.278. The molecule has 0 aliphatic heterocycles. The fourth-order valence-electron chi connectivity index (χ4n) is 0.788. The Kier molecular flexibility index (Phi) is 2.39. The van der Waals surface area contributed by atoms with Gasteiger partial charge in [0.05, 0.1) is 12.6 Å². The minimum absolute atomic E-state index is 0.278. The predicted octanol–water partition coefficient (Wildman–Crippen LogP) is -0.677. The Morgan fingerprint density at radius 2 is 2.50 bits per heavy atom. The topological polar surface area (TPSA) is 88.2 Å². The van der Waals surface area contributed by atoms with Crippen LogP contribution in [0.25, 0.3) is 0 Å². The van der Waals surface area contributed by atoms with Crippen molar-refractivity contribution in [2.45, 2.75) is 12.5 Å². The Morgan fingerprint density at radius 1 is 1.83 bits per heavy atom. The summed E-state index contributed by atoms with van der Waals surface area (Å²) in [6.45, 7) is 0. The van der Waals surface area contributed by atoms with Crippen LogP contribution in [0.4, 0.5) is 0 Å². The molecule has 0 fully saturated rings. The minimum Gasteiger partial charge on any atom is -0.481 e. The number of aliphatic carboxylic acids is 1. The third-order valence-electron chi connectivity index (χ3n) is 1.33. The Labute approximate surface area is 68.4 Å². The molecule has 0 saturated heterocycles. The SMILES string of the molecule is Cn1cc([C@@H](O)CC(=O)O)nn1. The van der Waals surface area contributed by atoms with Gasteiger partial charge in [-0.2, -0.15) is 0 Å². The van der Waals surface area contributed by atoms with Crippen molar-refractivity contribution in [1.82, 2.24) is 15.0 Å². The van der Waals surface area contributed by atoms with Crippen molar-refractivity contribution >= 4 is 5.97 Å². The lowest BCUT2D eigenvalue weighted by Gasteiger charge is -2.00. The van der Waals surface area contributed by atoms with E-state index in [1.807, 2.05) is 0 Å². The molecule has 0 spiro atoms. The zero-order valence-corrected chi connectivity index (χ0v) is 6.51. The lowest BCUT2D eigenvalue weighted by Crippen LogP contribution is -2.05. The summed E-state index contributed by atoms with van der Waals surface area (Å²) >= 11 is 0. The maximum Gasteiger partial charge on any atom is 0.306 e. The number of nitrogens with zero attached hydrogens (tertiary/aromatic N) is 3. The van der Waals surface area contributed by atoms with Crippen LogP contribution in [0.5, 0.6) is 0 Å². The van der Waals surface area contributed by atoms with Crippen LogP contribution in [0.3, 0.4) is 0 Å². The number of hydrogen-bond acceptors (Lipinski definition) is 4. The zero-order valence-electron chi connectivity index (χ0n) is 6.51. The van der Waals surface area contributed by atoms with E-state index in [9.17, 15) is 9.90 Å². The van der Waals surface area contributed by atoms with E-state index in [0.717, 1.165) is 0 Å². The molecule has 1 aromatic heterocycles. The third kappa shape index (κ3) is 2.03. The van der Waals surface area contributed by atoms with E-state index in [1.54, 1.807) is 7.05 Å². The van der Waals surface area contributed by atoms with Crippen molar-refractivity contribution in [3.8, 4) is 0 Å². The van der Waals surface area contributed by atoms with E-state index in [0.29, 0.717) is 0 Å². The zero-order chi connectivity index (χ0) is 9.14. The molecule has 6 heteroatoms. The van der Waals surface area contributed by atoms with E-state index in [1.165, 1.54) is 10.9 Å². The molecular formula is C6H9N3O3. The van der Waals surface area contributed by atoms with Crippen LogP contribution in [0, 0.1) is 0 Å². The van der Waals surface area contributed by atoms with Crippen LogP contribution in [0.1, 0.15) is 18.2 Å². The molecule has 66 valence electrons. The largest absolute Gasteiger partial charge is 0.481 e. The summed E-state index contributed by atoms with van der Waals surface area (Å²) in [5, 5.41) is 24.7. The fourth-order valence-corrected chi connectivity index (χ4v) is 0.788. The molecular weight excluding hydrogens is 162 g/mol. The van der Waals surface area contributed by atoms with Crippen LogP contribution in [-0.4, -0.2) is 31.2 Å². The number of carboxylic acids is 1. The quantitative estimate of drug-likeness (QED) is 0.629. The molecule has 0 aliphatic rings. The van der Waals surface area contributed by atoms with Gasteiger partial charge in [-0.15, -0.1) is 5.10 Å². The van der Waals surface area contributed by atoms with Crippen molar-refractivity contribution in [3.63, 3.8) is 0 Å². The van der Waals surface area contributed by atoms with Gasteiger partial charge in [-0.05, 0) is 0 Å². The van der Waals surface area contributed by atoms with Crippen molar-refractivity contribution in [1.29, 1.82) is 0 Å². The molecule has 1 rings (SSSR count). The smallest absolute Gasteiger partial charge is 0.306 e. The van der Waals surface area contributed by atoms with Crippen molar-refractivity contribution in [2.75, 3.05) is 0 Å². The van der Waals surface area contributed by atoms with Crippen LogP contribution in [-0.2, 0) is 11.8 Å². The molecule has 0 amide bonds. The first-order valence-electron chi connectivity index (χ1n) is 3.35. The highest BCUT2D eigenvalue weighted by atomic mass is 16.4. The van der Waals surface area contributed by atoms with Crippen LogP contribution in [0.2, 0.25) is 0 Å². The second-order valence-corrected chi connectivity index (χ2v) is 2.43. The molecule has 2 N–H and O–H groups in total. The Balaban J connectivity index is 2.64. The highest BCUT2D eigenvalue weighted by molar-refractivity contribution is 5.67. The van der Waals surface area contributed by atoms with E-state index in [2.05, 4.69) is 10.3 Å². The number of aryl methyl sites for hydroxylation is 1. The molecule has 0 aliphatic carbocycles. The molecule has 0 bridgehead atoms. The maximum absolute atomic E-state index is 10.2. The van der Waals surface area contributed by atoms with Crippen molar-refractivity contribution < 1.29 is 15.0 Å². The second-order valence-electron chi connectivity index (χ2n) is 2.43. The summed E-state index contributed by atoms with van der Waals surface area (Å²) in [6, 6.07) is 0. The van der Waals surface area contributed by atoms with E-state index >= 15 is 0 Å². The molecule has 0 unspecified atom stereocenters. The average Bonchev–Trinajstić information content (AvgIpc) is 2.34. The lowest BCUT2D eigenvalue weighted by atomic mass is 10.2. The predicted molar refractivity (Wildman–Crippen MR) is 38.2 cm³/mol. The van der Waals surface area contributed by atoms with Gasteiger partial charge < -0.3 is 10.2 Å². The van der Waals surface area contributed by atoms with E-state index < -0.39 is 12.1 Å². The standard InChI is InChI=1S/C6H9N3O3/c1-9-3-4(7-8-9)5(10)2-6(11)12/h3,5,10H,2H2,1H3,(H,11,12)/t5-/m0/s1. The van der Waals surface area contributed by atoms with Crippen LogP contribution in [0.15, 0.2) is 6.20 Å². The highest BCUT2D eigenvalue weighted by Crippen LogP contribution is 2.11. The lowest BCUT2D eigenvalue weighted by molar-refractivity contribution is -0.139. The first-order valence-corrected chi connectivity index (χ1v) is 3.35. The molecule has 0 radical (unpaired) electrons. The Morgan fingerprint density at radius 3 is 2.92 bits per heavy atom.